The number of hydrogen-bond acceptors (Lipinski definition) is 3. The standard InChI is InChI=1S/C18H20N2O/c1-2-6-14-13(5-1)11-19-10-9-16(14)20-17-12-21-18-8-4-3-7-15(17)18/h1-8,16-17,19-20H,9-12H2. The molecule has 3 heteroatoms. The summed E-state index contributed by atoms with van der Waals surface area (Å²) >= 11 is 0. The Morgan fingerprint density at radius 1 is 0.952 bits per heavy atom. The van der Waals surface area contributed by atoms with Crippen molar-refractivity contribution >= 4 is 0 Å². The first-order valence-corrected chi connectivity index (χ1v) is 7.68. The van der Waals surface area contributed by atoms with E-state index in [1.165, 1.54) is 16.7 Å². The minimum atomic E-state index is 0.289. The van der Waals surface area contributed by atoms with Crippen molar-refractivity contribution in [2.45, 2.75) is 25.0 Å². The van der Waals surface area contributed by atoms with Gasteiger partial charge in [-0.05, 0) is 30.2 Å². The van der Waals surface area contributed by atoms with Crippen molar-refractivity contribution in [2.24, 2.45) is 0 Å². The van der Waals surface area contributed by atoms with Crippen molar-refractivity contribution < 1.29 is 4.74 Å². The van der Waals surface area contributed by atoms with Gasteiger partial charge in [0.15, 0.2) is 0 Å². The highest BCUT2D eigenvalue weighted by molar-refractivity contribution is 5.40. The lowest BCUT2D eigenvalue weighted by atomic mass is 9.97. The maximum Gasteiger partial charge on any atom is 0.124 e. The third-order valence-electron chi connectivity index (χ3n) is 4.46. The first-order chi connectivity index (χ1) is 10.4. The highest BCUT2D eigenvalue weighted by Crippen LogP contribution is 2.34. The number of hydrogen-bond donors (Lipinski definition) is 2. The minimum Gasteiger partial charge on any atom is -0.491 e. The topological polar surface area (TPSA) is 33.3 Å². The van der Waals surface area contributed by atoms with Crippen LogP contribution >= 0.6 is 0 Å². The number of ether oxygens (including phenoxy) is 1. The van der Waals surface area contributed by atoms with Crippen LogP contribution in [-0.2, 0) is 6.54 Å². The Balaban J connectivity index is 1.61. The molecule has 0 bridgehead atoms. The van der Waals surface area contributed by atoms with Gasteiger partial charge in [-0.1, -0.05) is 42.5 Å². The van der Waals surface area contributed by atoms with Crippen LogP contribution in [0.3, 0.4) is 0 Å². The summed E-state index contributed by atoms with van der Waals surface area (Å²) in [5, 5.41) is 7.31. The predicted molar refractivity (Wildman–Crippen MR) is 83.3 cm³/mol. The molecule has 2 aromatic rings. The Bertz CT molecular complexity index is 641. The van der Waals surface area contributed by atoms with Crippen LogP contribution in [0.15, 0.2) is 48.5 Å². The Kier molecular flexibility index (Phi) is 3.37. The highest BCUT2D eigenvalue weighted by atomic mass is 16.5. The van der Waals surface area contributed by atoms with Crippen molar-refractivity contribution in [3.05, 3.63) is 65.2 Å². The van der Waals surface area contributed by atoms with Gasteiger partial charge in [0.25, 0.3) is 0 Å². The normalized spacial score (nSPS) is 23.8. The molecule has 0 saturated carbocycles. The summed E-state index contributed by atoms with van der Waals surface area (Å²) in [4.78, 5) is 0. The summed E-state index contributed by atoms with van der Waals surface area (Å²) in [6.45, 7) is 2.74. The molecule has 108 valence electrons. The number of nitrogens with one attached hydrogen (secondary N) is 2. The van der Waals surface area contributed by atoms with Crippen LogP contribution in [0.1, 0.15) is 35.2 Å². The lowest BCUT2D eigenvalue weighted by Gasteiger charge is -2.23. The largest absolute Gasteiger partial charge is 0.491 e. The fourth-order valence-corrected chi connectivity index (χ4v) is 3.38. The summed E-state index contributed by atoms with van der Waals surface area (Å²) in [5.41, 5.74) is 4.11. The molecule has 2 atom stereocenters. The molecular weight excluding hydrogens is 260 g/mol. The first kappa shape index (κ1) is 12.9. The average molecular weight is 280 g/mol. The molecule has 0 aliphatic carbocycles. The van der Waals surface area contributed by atoms with E-state index in [1.807, 2.05) is 6.07 Å². The first-order valence-electron chi connectivity index (χ1n) is 7.68. The monoisotopic (exact) mass is 280 g/mol. The van der Waals surface area contributed by atoms with Crippen LogP contribution in [-0.4, -0.2) is 13.2 Å². The van der Waals surface area contributed by atoms with Gasteiger partial charge in [-0.25, -0.2) is 0 Å². The van der Waals surface area contributed by atoms with Crippen LogP contribution < -0.4 is 15.4 Å². The van der Waals surface area contributed by atoms with E-state index in [0.29, 0.717) is 6.04 Å². The fraction of sp³-hybridized carbons (Fsp3) is 0.333. The lowest BCUT2D eigenvalue weighted by molar-refractivity contribution is 0.294. The smallest absolute Gasteiger partial charge is 0.124 e. The molecule has 3 nitrogen and oxygen atoms in total. The van der Waals surface area contributed by atoms with E-state index < -0.39 is 0 Å². The maximum atomic E-state index is 5.79. The molecule has 0 spiro atoms. The summed E-state index contributed by atoms with van der Waals surface area (Å²) in [7, 11) is 0. The number of fused-ring (bicyclic) bond motifs is 2. The fourth-order valence-electron chi connectivity index (χ4n) is 3.38. The Morgan fingerprint density at radius 2 is 1.76 bits per heavy atom. The van der Waals surface area contributed by atoms with Gasteiger partial charge in [0.05, 0.1) is 6.04 Å². The van der Waals surface area contributed by atoms with E-state index in [0.717, 1.165) is 31.9 Å². The van der Waals surface area contributed by atoms with Crippen molar-refractivity contribution in [1.82, 2.24) is 10.6 Å². The van der Waals surface area contributed by atoms with E-state index in [4.69, 9.17) is 4.74 Å². The maximum absolute atomic E-state index is 5.79. The van der Waals surface area contributed by atoms with E-state index >= 15 is 0 Å². The molecule has 2 N–H and O–H groups in total. The van der Waals surface area contributed by atoms with Crippen LogP contribution in [0, 0.1) is 0 Å². The summed E-state index contributed by atoms with van der Waals surface area (Å²) < 4.78 is 5.79. The van der Waals surface area contributed by atoms with Crippen LogP contribution in [0.4, 0.5) is 0 Å². The van der Waals surface area contributed by atoms with Gasteiger partial charge < -0.3 is 15.4 Å². The zero-order valence-corrected chi connectivity index (χ0v) is 12.0. The van der Waals surface area contributed by atoms with Crippen LogP contribution in [0.2, 0.25) is 0 Å². The Hall–Kier alpha value is -1.84. The van der Waals surface area contributed by atoms with E-state index in [-0.39, 0.29) is 6.04 Å². The molecule has 2 unspecified atom stereocenters. The van der Waals surface area contributed by atoms with Crippen molar-refractivity contribution in [3.63, 3.8) is 0 Å². The lowest BCUT2D eigenvalue weighted by Crippen LogP contribution is -2.28. The summed E-state index contributed by atoms with van der Waals surface area (Å²) in [6, 6.07) is 17.8. The van der Waals surface area contributed by atoms with Gasteiger partial charge in [0.2, 0.25) is 0 Å². The average Bonchev–Trinajstić information content (AvgIpc) is 2.82. The SMILES string of the molecule is c1ccc2c(c1)CNCCC2NC1COc2ccccc21. The minimum absolute atomic E-state index is 0.289. The summed E-state index contributed by atoms with van der Waals surface area (Å²) in [5.74, 6) is 1.02. The molecule has 0 radical (unpaired) electrons. The molecule has 0 fully saturated rings. The van der Waals surface area contributed by atoms with Crippen molar-refractivity contribution in [3.8, 4) is 5.75 Å². The second-order valence-electron chi connectivity index (χ2n) is 5.78. The third kappa shape index (κ3) is 2.43. The molecule has 2 aromatic carbocycles. The third-order valence-corrected chi connectivity index (χ3v) is 4.46. The molecule has 0 aromatic heterocycles. The van der Waals surface area contributed by atoms with Crippen molar-refractivity contribution in [1.29, 1.82) is 0 Å². The van der Waals surface area contributed by atoms with E-state index in [2.05, 4.69) is 53.1 Å². The Morgan fingerprint density at radius 3 is 2.71 bits per heavy atom. The van der Waals surface area contributed by atoms with Gasteiger partial charge in [0, 0.05) is 18.2 Å². The molecule has 2 aliphatic heterocycles. The molecule has 2 aliphatic rings. The Labute approximate surface area is 125 Å². The molecule has 4 rings (SSSR count). The second kappa shape index (κ2) is 5.51. The van der Waals surface area contributed by atoms with Crippen molar-refractivity contribution in [2.75, 3.05) is 13.2 Å². The quantitative estimate of drug-likeness (QED) is 0.887. The molecule has 0 amide bonds. The molecule has 2 heterocycles. The van der Waals surface area contributed by atoms with Gasteiger partial charge >= 0.3 is 0 Å². The zero-order valence-electron chi connectivity index (χ0n) is 12.0. The number of benzene rings is 2. The predicted octanol–water partition coefficient (Wildman–Crippen LogP) is 2.94. The van der Waals surface area contributed by atoms with Gasteiger partial charge in [0.1, 0.15) is 12.4 Å². The van der Waals surface area contributed by atoms with E-state index in [9.17, 15) is 0 Å². The van der Waals surface area contributed by atoms with Gasteiger partial charge in [-0.2, -0.15) is 0 Å². The van der Waals surface area contributed by atoms with Gasteiger partial charge in [-0.15, -0.1) is 0 Å². The zero-order chi connectivity index (χ0) is 14.1. The highest BCUT2D eigenvalue weighted by Gasteiger charge is 2.27. The summed E-state index contributed by atoms with van der Waals surface area (Å²) in [6.07, 6.45) is 1.11. The van der Waals surface area contributed by atoms with Crippen LogP contribution in [0.25, 0.3) is 0 Å². The van der Waals surface area contributed by atoms with E-state index in [1.54, 1.807) is 0 Å². The molecular formula is C18H20N2O. The molecule has 21 heavy (non-hydrogen) atoms. The van der Waals surface area contributed by atoms with Crippen LogP contribution in [0.5, 0.6) is 5.75 Å². The molecule has 0 saturated heterocycles. The number of para-hydroxylation sites is 1. The number of rotatable bonds is 2. The van der Waals surface area contributed by atoms with Gasteiger partial charge in [-0.3, -0.25) is 0 Å². The second-order valence-corrected chi connectivity index (χ2v) is 5.78.